The molecule has 0 saturated heterocycles. The molecule has 4 rings (SSSR count). The fourth-order valence-corrected chi connectivity index (χ4v) is 2.81. The highest BCUT2D eigenvalue weighted by atomic mass is 16.5. The van der Waals surface area contributed by atoms with E-state index in [9.17, 15) is 0 Å². The molecule has 0 aliphatic rings. The average molecular weight is 358 g/mol. The van der Waals surface area contributed by atoms with Gasteiger partial charge in [-0.3, -0.25) is 4.98 Å². The number of pyridine rings is 1. The van der Waals surface area contributed by atoms with Crippen molar-refractivity contribution in [2.75, 3.05) is 23.5 Å². The second-order valence-electron chi connectivity index (χ2n) is 5.81. The zero-order chi connectivity index (χ0) is 18.6. The summed E-state index contributed by atoms with van der Waals surface area (Å²) in [6, 6.07) is 17.3. The summed E-state index contributed by atoms with van der Waals surface area (Å²) in [5, 5.41) is 7.47. The van der Waals surface area contributed by atoms with E-state index in [2.05, 4.69) is 25.6 Å². The van der Waals surface area contributed by atoms with Crippen LogP contribution in [0.5, 0.6) is 5.75 Å². The lowest BCUT2D eigenvalue weighted by Crippen LogP contribution is -2.06. The number of hydrogen-bond acceptors (Lipinski definition) is 7. The van der Waals surface area contributed by atoms with E-state index < -0.39 is 0 Å². The van der Waals surface area contributed by atoms with Crippen molar-refractivity contribution in [2.24, 2.45) is 0 Å². The summed E-state index contributed by atoms with van der Waals surface area (Å²) >= 11 is 0. The van der Waals surface area contributed by atoms with Gasteiger partial charge in [0.15, 0.2) is 11.6 Å². The molecule has 4 N–H and O–H groups in total. The number of para-hydroxylation sites is 2. The number of nitrogens with zero attached hydrogens (tertiary/aromatic N) is 3. The van der Waals surface area contributed by atoms with Crippen molar-refractivity contribution in [1.29, 1.82) is 0 Å². The fraction of sp³-hybridized carbons (Fsp3) is 0.0500. The Morgan fingerprint density at radius 1 is 0.815 bits per heavy atom. The van der Waals surface area contributed by atoms with Crippen molar-refractivity contribution < 1.29 is 4.74 Å². The van der Waals surface area contributed by atoms with Crippen molar-refractivity contribution in [2.45, 2.75) is 0 Å². The van der Waals surface area contributed by atoms with E-state index in [1.165, 1.54) is 6.33 Å². The van der Waals surface area contributed by atoms with E-state index >= 15 is 0 Å². The SMILES string of the molecule is COc1ccccc1Nc1ncnc(Nc2cccc3ncccc23)c1N. The van der Waals surface area contributed by atoms with Crippen LogP contribution in [0.3, 0.4) is 0 Å². The van der Waals surface area contributed by atoms with Crippen molar-refractivity contribution in [3.8, 4) is 5.75 Å². The van der Waals surface area contributed by atoms with Crippen LogP contribution in [-0.2, 0) is 0 Å². The maximum Gasteiger partial charge on any atom is 0.159 e. The molecular weight excluding hydrogens is 340 g/mol. The van der Waals surface area contributed by atoms with E-state index in [1.54, 1.807) is 13.3 Å². The highest BCUT2D eigenvalue weighted by molar-refractivity contribution is 5.94. The second-order valence-corrected chi connectivity index (χ2v) is 5.81. The monoisotopic (exact) mass is 358 g/mol. The van der Waals surface area contributed by atoms with Gasteiger partial charge in [-0.1, -0.05) is 18.2 Å². The molecule has 0 unspecified atom stereocenters. The van der Waals surface area contributed by atoms with E-state index in [4.69, 9.17) is 10.5 Å². The van der Waals surface area contributed by atoms with Gasteiger partial charge in [0.1, 0.15) is 17.8 Å². The Bertz CT molecular complexity index is 1090. The van der Waals surface area contributed by atoms with E-state index in [-0.39, 0.29) is 0 Å². The molecule has 0 bridgehead atoms. The maximum atomic E-state index is 6.31. The average Bonchev–Trinajstić information content (AvgIpc) is 2.71. The number of anilines is 5. The van der Waals surface area contributed by atoms with Gasteiger partial charge in [-0.05, 0) is 36.4 Å². The second kappa shape index (κ2) is 7.17. The number of aromatic nitrogens is 3. The molecule has 2 aromatic heterocycles. The minimum atomic E-state index is 0.407. The maximum absolute atomic E-state index is 6.31. The first-order valence-corrected chi connectivity index (χ1v) is 8.37. The zero-order valence-corrected chi connectivity index (χ0v) is 14.7. The molecule has 0 atom stereocenters. The number of hydrogen-bond donors (Lipinski definition) is 3. The molecule has 7 heteroatoms. The largest absolute Gasteiger partial charge is 0.495 e. The number of rotatable bonds is 5. The molecule has 0 fully saturated rings. The lowest BCUT2D eigenvalue weighted by atomic mass is 10.2. The van der Waals surface area contributed by atoms with Crippen LogP contribution >= 0.6 is 0 Å². The van der Waals surface area contributed by atoms with Crippen LogP contribution in [-0.4, -0.2) is 22.1 Å². The van der Waals surface area contributed by atoms with E-state index in [0.29, 0.717) is 23.1 Å². The molecule has 0 aliphatic carbocycles. The smallest absolute Gasteiger partial charge is 0.159 e. The molecule has 0 aliphatic heterocycles. The third-order valence-electron chi connectivity index (χ3n) is 4.14. The summed E-state index contributed by atoms with van der Waals surface area (Å²) in [5.74, 6) is 1.71. The minimum Gasteiger partial charge on any atom is -0.495 e. The number of nitrogen functional groups attached to an aromatic ring is 1. The van der Waals surface area contributed by atoms with Gasteiger partial charge in [0, 0.05) is 17.3 Å². The fourth-order valence-electron chi connectivity index (χ4n) is 2.81. The Balaban J connectivity index is 1.68. The van der Waals surface area contributed by atoms with Crippen LogP contribution in [0, 0.1) is 0 Å². The summed E-state index contributed by atoms with van der Waals surface area (Å²) in [6.07, 6.45) is 3.22. The Labute approximate surface area is 156 Å². The Morgan fingerprint density at radius 3 is 2.37 bits per heavy atom. The van der Waals surface area contributed by atoms with Crippen LogP contribution in [0.1, 0.15) is 0 Å². The third-order valence-corrected chi connectivity index (χ3v) is 4.14. The van der Waals surface area contributed by atoms with Crippen molar-refractivity contribution in [3.63, 3.8) is 0 Å². The first-order chi connectivity index (χ1) is 13.3. The van der Waals surface area contributed by atoms with Crippen molar-refractivity contribution >= 4 is 39.6 Å². The molecule has 27 heavy (non-hydrogen) atoms. The molecule has 2 aromatic carbocycles. The normalized spacial score (nSPS) is 10.6. The Hall–Kier alpha value is -3.87. The highest BCUT2D eigenvalue weighted by Crippen LogP contribution is 2.33. The quantitative estimate of drug-likeness (QED) is 0.494. The van der Waals surface area contributed by atoms with Gasteiger partial charge in [0.2, 0.25) is 0 Å². The number of nitrogens with two attached hydrogens (primary N) is 1. The van der Waals surface area contributed by atoms with Gasteiger partial charge in [0.25, 0.3) is 0 Å². The summed E-state index contributed by atoms with van der Waals surface area (Å²) in [5.41, 5.74) is 9.24. The highest BCUT2D eigenvalue weighted by Gasteiger charge is 2.12. The first kappa shape index (κ1) is 16.6. The van der Waals surface area contributed by atoms with Crippen LogP contribution in [0.4, 0.5) is 28.7 Å². The first-order valence-electron chi connectivity index (χ1n) is 8.37. The number of nitrogens with one attached hydrogen (secondary N) is 2. The third kappa shape index (κ3) is 3.30. The van der Waals surface area contributed by atoms with Crippen LogP contribution in [0.15, 0.2) is 67.1 Å². The van der Waals surface area contributed by atoms with Crippen LogP contribution in [0.2, 0.25) is 0 Å². The predicted molar refractivity (Wildman–Crippen MR) is 108 cm³/mol. The van der Waals surface area contributed by atoms with Gasteiger partial charge < -0.3 is 21.1 Å². The summed E-state index contributed by atoms with van der Waals surface area (Å²) in [7, 11) is 1.62. The summed E-state index contributed by atoms with van der Waals surface area (Å²) < 4.78 is 5.36. The molecule has 0 amide bonds. The predicted octanol–water partition coefficient (Wildman–Crippen LogP) is 4.10. The van der Waals surface area contributed by atoms with Gasteiger partial charge in [-0.15, -0.1) is 0 Å². The topological polar surface area (TPSA) is 98.0 Å². The summed E-state index contributed by atoms with van der Waals surface area (Å²) in [6.45, 7) is 0. The Kier molecular flexibility index (Phi) is 4.40. The number of fused-ring (bicyclic) bond motifs is 1. The zero-order valence-electron chi connectivity index (χ0n) is 14.7. The molecule has 0 spiro atoms. The van der Waals surface area contributed by atoms with Crippen molar-refractivity contribution in [3.05, 3.63) is 67.1 Å². The molecule has 0 saturated carbocycles. The number of ether oxygens (including phenoxy) is 1. The van der Waals surface area contributed by atoms with Crippen LogP contribution in [0.25, 0.3) is 10.9 Å². The molecule has 0 radical (unpaired) electrons. The lowest BCUT2D eigenvalue weighted by Gasteiger charge is -2.15. The van der Waals surface area contributed by atoms with E-state index in [1.807, 2.05) is 54.6 Å². The number of benzene rings is 2. The van der Waals surface area contributed by atoms with E-state index in [0.717, 1.165) is 22.3 Å². The molecule has 134 valence electrons. The molecular formula is C20H18N6O. The van der Waals surface area contributed by atoms with Gasteiger partial charge >= 0.3 is 0 Å². The standard InChI is InChI=1S/C20H18N6O/c1-27-17-10-3-2-7-16(17)26-20-18(21)19(23-12-24-20)25-15-9-4-8-14-13(15)6-5-11-22-14/h2-12H,21H2,1H3,(H2,23,24,25,26). The molecule has 2 heterocycles. The van der Waals surface area contributed by atoms with Crippen LogP contribution < -0.4 is 21.1 Å². The van der Waals surface area contributed by atoms with Gasteiger partial charge in [-0.25, -0.2) is 9.97 Å². The molecule has 4 aromatic rings. The van der Waals surface area contributed by atoms with Gasteiger partial charge in [-0.2, -0.15) is 0 Å². The van der Waals surface area contributed by atoms with Crippen molar-refractivity contribution in [1.82, 2.24) is 15.0 Å². The summed E-state index contributed by atoms with van der Waals surface area (Å²) in [4.78, 5) is 12.9. The lowest BCUT2D eigenvalue weighted by molar-refractivity contribution is 0.417. The minimum absolute atomic E-state index is 0.407. The number of methoxy groups -OCH3 is 1. The van der Waals surface area contributed by atoms with Gasteiger partial charge in [0.05, 0.1) is 18.3 Å². The molecule has 7 nitrogen and oxygen atoms in total. The Morgan fingerprint density at radius 2 is 1.56 bits per heavy atom.